The van der Waals surface area contributed by atoms with Crippen LogP contribution >= 0.6 is 0 Å². The van der Waals surface area contributed by atoms with Gasteiger partial charge in [-0.2, -0.15) is 5.10 Å². The Morgan fingerprint density at radius 1 is 1.04 bits per heavy atom. The van der Waals surface area contributed by atoms with Gasteiger partial charge in [-0.15, -0.1) is 0 Å². The molecule has 0 aromatic heterocycles. The van der Waals surface area contributed by atoms with E-state index in [2.05, 4.69) is 22.4 Å². The minimum atomic E-state index is -1.78. The summed E-state index contributed by atoms with van der Waals surface area (Å²) in [6, 6.07) is 17.9. The largest absolute Gasteiger partial charge is 0.372 e. The zero-order chi connectivity index (χ0) is 18.4. The number of hydrogen-bond acceptors (Lipinski definition) is 4. The summed E-state index contributed by atoms with van der Waals surface area (Å²) in [7, 11) is 0. The van der Waals surface area contributed by atoms with Crippen molar-refractivity contribution in [2.24, 2.45) is 5.10 Å². The Labute approximate surface area is 154 Å². The van der Waals surface area contributed by atoms with E-state index < -0.39 is 11.5 Å². The average molecular weight is 351 g/mol. The second kappa shape index (κ2) is 8.25. The molecule has 0 aliphatic carbocycles. The number of nitrogens with zero attached hydrogens (tertiary/aromatic N) is 2. The lowest BCUT2D eigenvalue weighted by Crippen LogP contribution is -2.44. The maximum atomic E-state index is 13.0. The van der Waals surface area contributed by atoms with Crippen LogP contribution in [-0.4, -0.2) is 41.3 Å². The van der Waals surface area contributed by atoms with Crippen molar-refractivity contribution in [3.63, 3.8) is 0 Å². The Morgan fingerprint density at radius 2 is 1.54 bits per heavy atom. The topological polar surface area (TPSA) is 64.9 Å². The number of amides is 1. The molecule has 0 unspecified atom stereocenters. The quantitative estimate of drug-likeness (QED) is 0.814. The third-order valence-corrected chi connectivity index (χ3v) is 4.91. The number of likely N-dealkylation sites (tertiary alicyclic amines) is 1. The minimum absolute atomic E-state index is 0.518. The summed E-state index contributed by atoms with van der Waals surface area (Å²) >= 11 is 0. The lowest BCUT2D eigenvalue weighted by molar-refractivity contribution is -0.136. The number of benzene rings is 2. The summed E-state index contributed by atoms with van der Waals surface area (Å²) < 4.78 is 0. The molecule has 1 aliphatic heterocycles. The number of aliphatic hydroxyl groups is 1. The molecule has 136 valence electrons. The molecule has 0 saturated carbocycles. The molecule has 1 amide bonds. The van der Waals surface area contributed by atoms with Gasteiger partial charge in [0.05, 0.1) is 0 Å². The van der Waals surface area contributed by atoms with Crippen LogP contribution < -0.4 is 5.43 Å². The first-order valence-electron chi connectivity index (χ1n) is 9.06. The highest BCUT2D eigenvalue weighted by atomic mass is 16.3. The van der Waals surface area contributed by atoms with Crippen molar-refractivity contribution in [1.82, 2.24) is 10.3 Å². The molecule has 1 fully saturated rings. The van der Waals surface area contributed by atoms with E-state index in [1.807, 2.05) is 36.4 Å². The molecule has 0 bridgehead atoms. The molecule has 1 heterocycles. The van der Waals surface area contributed by atoms with Gasteiger partial charge in [-0.1, -0.05) is 67.6 Å². The maximum Gasteiger partial charge on any atom is 0.281 e. The van der Waals surface area contributed by atoms with Crippen LogP contribution in [0.3, 0.4) is 0 Å². The Kier molecular flexibility index (Phi) is 5.81. The van der Waals surface area contributed by atoms with Gasteiger partial charge in [0.25, 0.3) is 5.91 Å². The lowest BCUT2D eigenvalue weighted by Gasteiger charge is -2.28. The van der Waals surface area contributed by atoms with Crippen LogP contribution in [0.5, 0.6) is 0 Å². The molecule has 0 atom stereocenters. The highest BCUT2D eigenvalue weighted by Crippen LogP contribution is 2.29. The van der Waals surface area contributed by atoms with E-state index in [4.69, 9.17) is 0 Å². The van der Waals surface area contributed by atoms with Crippen molar-refractivity contribution in [1.29, 1.82) is 0 Å². The number of carbonyl (C=O) groups is 1. The van der Waals surface area contributed by atoms with E-state index in [1.165, 1.54) is 0 Å². The highest BCUT2D eigenvalue weighted by molar-refractivity contribution is 5.92. The van der Waals surface area contributed by atoms with Crippen molar-refractivity contribution in [3.05, 3.63) is 71.8 Å². The van der Waals surface area contributed by atoms with Gasteiger partial charge < -0.3 is 10.0 Å². The Morgan fingerprint density at radius 3 is 2.00 bits per heavy atom. The Balaban J connectivity index is 1.83. The summed E-state index contributed by atoms with van der Waals surface area (Å²) in [5.74, 6) is -0.541. The normalized spacial score (nSPS) is 15.5. The number of hydrogen-bond donors (Lipinski definition) is 2. The van der Waals surface area contributed by atoms with Crippen molar-refractivity contribution < 1.29 is 9.90 Å². The zero-order valence-corrected chi connectivity index (χ0v) is 15.1. The minimum Gasteiger partial charge on any atom is -0.372 e. The number of hydrazone groups is 1. The van der Waals surface area contributed by atoms with Crippen LogP contribution in [-0.2, 0) is 10.4 Å². The molecule has 3 rings (SSSR count). The predicted octanol–water partition coefficient (Wildman–Crippen LogP) is 2.51. The van der Waals surface area contributed by atoms with E-state index >= 15 is 0 Å². The van der Waals surface area contributed by atoms with Crippen LogP contribution in [0.2, 0.25) is 0 Å². The van der Waals surface area contributed by atoms with Crippen LogP contribution in [0.1, 0.15) is 30.9 Å². The van der Waals surface area contributed by atoms with Crippen LogP contribution in [0.15, 0.2) is 65.8 Å². The van der Waals surface area contributed by atoms with Gasteiger partial charge in [0.1, 0.15) is 0 Å². The molecule has 2 aromatic rings. The van der Waals surface area contributed by atoms with Crippen LogP contribution in [0.25, 0.3) is 0 Å². The standard InChI is InChI=1S/C21H25N3O2/c1-2-24-15-13-19(14-16-24)22-23-20(25)21(26,17-9-5-3-6-10-17)18-11-7-4-8-12-18/h3-12,26H,2,13-16H2,1H3,(H,23,25). The first-order chi connectivity index (χ1) is 12.6. The van der Waals surface area contributed by atoms with E-state index in [0.717, 1.165) is 38.2 Å². The van der Waals surface area contributed by atoms with Gasteiger partial charge in [0.15, 0.2) is 5.60 Å². The maximum absolute atomic E-state index is 13.0. The van der Waals surface area contributed by atoms with Gasteiger partial charge in [-0.05, 0) is 17.7 Å². The van der Waals surface area contributed by atoms with Gasteiger partial charge in [-0.3, -0.25) is 4.79 Å². The fourth-order valence-corrected chi connectivity index (χ4v) is 3.24. The molecule has 1 saturated heterocycles. The second-order valence-electron chi connectivity index (χ2n) is 6.50. The molecule has 5 nitrogen and oxygen atoms in total. The monoisotopic (exact) mass is 351 g/mol. The summed E-state index contributed by atoms with van der Waals surface area (Å²) in [5.41, 5.74) is 2.82. The predicted molar refractivity (Wildman–Crippen MR) is 103 cm³/mol. The third-order valence-electron chi connectivity index (χ3n) is 4.91. The number of piperidine rings is 1. The van der Waals surface area contributed by atoms with Gasteiger partial charge >= 0.3 is 0 Å². The molecular weight excluding hydrogens is 326 g/mol. The smallest absolute Gasteiger partial charge is 0.281 e. The molecule has 0 radical (unpaired) electrons. The fraction of sp³-hybridized carbons (Fsp3) is 0.333. The summed E-state index contributed by atoms with van der Waals surface area (Å²) in [4.78, 5) is 15.3. The van der Waals surface area contributed by atoms with E-state index in [1.54, 1.807) is 24.3 Å². The molecule has 1 aliphatic rings. The number of nitrogens with one attached hydrogen (secondary N) is 1. The third kappa shape index (κ3) is 3.84. The summed E-state index contributed by atoms with van der Waals surface area (Å²) in [6.07, 6.45) is 1.67. The molecule has 26 heavy (non-hydrogen) atoms. The lowest BCUT2D eigenvalue weighted by atomic mass is 9.85. The van der Waals surface area contributed by atoms with Crippen molar-refractivity contribution in [2.45, 2.75) is 25.4 Å². The second-order valence-corrected chi connectivity index (χ2v) is 6.50. The molecule has 5 heteroatoms. The Hall–Kier alpha value is -2.50. The van der Waals surface area contributed by atoms with Crippen LogP contribution in [0, 0.1) is 0 Å². The number of carbonyl (C=O) groups excluding carboxylic acids is 1. The van der Waals surface area contributed by atoms with E-state index in [9.17, 15) is 9.90 Å². The highest BCUT2D eigenvalue weighted by Gasteiger charge is 2.40. The van der Waals surface area contributed by atoms with Crippen molar-refractivity contribution in [2.75, 3.05) is 19.6 Å². The van der Waals surface area contributed by atoms with Gasteiger partial charge in [-0.25, -0.2) is 5.43 Å². The van der Waals surface area contributed by atoms with Gasteiger partial charge in [0, 0.05) is 31.6 Å². The van der Waals surface area contributed by atoms with E-state index in [-0.39, 0.29) is 0 Å². The number of rotatable bonds is 5. The Bertz CT molecular complexity index is 710. The summed E-state index contributed by atoms with van der Waals surface area (Å²) in [5, 5.41) is 15.6. The molecule has 2 aromatic carbocycles. The average Bonchev–Trinajstić information content (AvgIpc) is 2.73. The van der Waals surface area contributed by atoms with Gasteiger partial charge in [0.2, 0.25) is 0 Å². The van der Waals surface area contributed by atoms with Crippen molar-refractivity contribution >= 4 is 11.6 Å². The molecule has 0 spiro atoms. The zero-order valence-electron chi connectivity index (χ0n) is 15.1. The fourth-order valence-electron chi connectivity index (χ4n) is 3.24. The van der Waals surface area contributed by atoms with Crippen molar-refractivity contribution in [3.8, 4) is 0 Å². The summed E-state index contributed by atoms with van der Waals surface area (Å²) in [6.45, 7) is 5.07. The van der Waals surface area contributed by atoms with E-state index in [0.29, 0.717) is 11.1 Å². The SMILES string of the molecule is CCN1CCC(=NNC(=O)C(O)(c2ccccc2)c2ccccc2)CC1. The van der Waals surface area contributed by atoms with Crippen LogP contribution in [0.4, 0.5) is 0 Å². The first-order valence-corrected chi connectivity index (χ1v) is 9.06. The molecular formula is C21H25N3O2. The first kappa shape index (κ1) is 18.3. The molecule has 2 N–H and O–H groups in total.